The van der Waals surface area contributed by atoms with E-state index in [1.165, 1.54) is 12.0 Å². The molecule has 1 aromatic rings. The Bertz CT molecular complexity index is 580. The fourth-order valence-electron chi connectivity index (χ4n) is 3.39. The third kappa shape index (κ3) is 5.63. The van der Waals surface area contributed by atoms with Gasteiger partial charge in [-0.3, -0.25) is 4.99 Å². The molecule has 0 heterocycles. The average molecular weight is 348 g/mol. The summed E-state index contributed by atoms with van der Waals surface area (Å²) in [6.45, 7) is 7.44. The van der Waals surface area contributed by atoms with Gasteiger partial charge in [0.05, 0.1) is 25.3 Å². The van der Waals surface area contributed by atoms with Gasteiger partial charge in [0.25, 0.3) is 0 Å². The highest BCUT2D eigenvalue weighted by Gasteiger charge is 2.29. The molecule has 1 aliphatic rings. The van der Waals surface area contributed by atoms with Gasteiger partial charge in [-0.2, -0.15) is 0 Å². The number of aliphatic hydroxyl groups is 1. The van der Waals surface area contributed by atoms with Gasteiger partial charge in [0, 0.05) is 12.1 Å². The van der Waals surface area contributed by atoms with Crippen molar-refractivity contribution in [2.75, 3.05) is 20.2 Å². The molecule has 5 heteroatoms. The first-order valence-corrected chi connectivity index (χ1v) is 9.39. The van der Waals surface area contributed by atoms with Gasteiger partial charge in [0.15, 0.2) is 5.96 Å². The topological polar surface area (TPSA) is 65.9 Å². The lowest BCUT2D eigenvalue weighted by Gasteiger charge is -2.31. The molecule has 3 N–H and O–H groups in total. The van der Waals surface area contributed by atoms with Crippen LogP contribution in [0.1, 0.15) is 63.1 Å². The molecule has 0 radical (unpaired) electrons. The summed E-state index contributed by atoms with van der Waals surface area (Å²) in [5.74, 6) is 1.60. The Labute approximate surface area is 151 Å². The number of nitrogens with zero attached hydrogens (tertiary/aromatic N) is 1. The van der Waals surface area contributed by atoms with Crippen LogP contribution in [0.25, 0.3) is 0 Å². The summed E-state index contributed by atoms with van der Waals surface area (Å²) in [5.41, 5.74) is 1.65. The van der Waals surface area contributed by atoms with Crippen LogP contribution in [0.2, 0.25) is 0 Å². The molecular weight excluding hydrogens is 314 g/mol. The minimum absolute atomic E-state index is 0.0497. The average Bonchev–Trinajstić information content (AvgIpc) is 2.60. The molecule has 0 saturated heterocycles. The molecule has 1 aliphatic carbocycles. The normalized spacial score (nSPS) is 18.5. The summed E-state index contributed by atoms with van der Waals surface area (Å²) in [6, 6.07) is 6.23. The largest absolute Gasteiger partial charge is 0.496 e. The number of benzene rings is 1. The van der Waals surface area contributed by atoms with Crippen molar-refractivity contribution < 1.29 is 9.84 Å². The van der Waals surface area contributed by atoms with E-state index in [9.17, 15) is 5.11 Å². The molecule has 5 nitrogen and oxygen atoms in total. The molecule has 140 valence electrons. The highest BCUT2D eigenvalue weighted by Crippen LogP contribution is 2.28. The lowest BCUT2D eigenvalue weighted by atomic mass is 9.85. The zero-order chi connectivity index (χ0) is 18.3. The maximum Gasteiger partial charge on any atom is 0.191 e. The molecule has 0 bridgehead atoms. The summed E-state index contributed by atoms with van der Waals surface area (Å²) < 4.78 is 5.49. The van der Waals surface area contributed by atoms with Crippen molar-refractivity contribution in [3.8, 4) is 5.75 Å². The third-order valence-electron chi connectivity index (χ3n) is 4.86. The van der Waals surface area contributed by atoms with Crippen LogP contribution in [-0.4, -0.2) is 36.9 Å². The molecule has 0 aromatic heterocycles. The summed E-state index contributed by atoms with van der Waals surface area (Å²) in [4.78, 5) is 4.66. The van der Waals surface area contributed by atoms with E-state index in [4.69, 9.17) is 4.74 Å². The van der Waals surface area contributed by atoms with Crippen LogP contribution < -0.4 is 15.4 Å². The molecule has 25 heavy (non-hydrogen) atoms. The van der Waals surface area contributed by atoms with Crippen LogP contribution in [0.4, 0.5) is 0 Å². The van der Waals surface area contributed by atoms with Crippen molar-refractivity contribution in [1.82, 2.24) is 10.6 Å². The van der Waals surface area contributed by atoms with Gasteiger partial charge >= 0.3 is 0 Å². The highest BCUT2D eigenvalue weighted by atomic mass is 16.5. The second kappa shape index (κ2) is 9.09. The minimum atomic E-state index is -0.648. The lowest BCUT2D eigenvalue weighted by molar-refractivity contribution is 0.0131. The number of guanidine groups is 1. The Kier molecular flexibility index (Phi) is 7.12. The second-order valence-corrected chi connectivity index (χ2v) is 7.09. The predicted octanol–water partition coefficient (Wildman–Crippen LogP) is 3.31. The number of nitrogens with one attached hydrogen (secondary N) is 2. The molecule has 1 aromatic carbocycles. The molecule has 0 aliphatic heterocycles. The van der Waals surface area contributed by atoms with Gasteiger partial charge < -0.3 is 20.5 Å². The van der Waals surface area contributed by atoms with Crippen LogP contribution in [0.3, 0.4) is 0 Å². The van der Waals surface area contributed by atoms with Gasteiger partial charge in [-0.05, 0) is 39.7 Å². The van der Waals surface area contributed by atoms with Gasteiger partial charge in [0.2, 0.25) is 0 Å². The maximum atomic E-state index is 10.7. The van der Waals surface area contributed by atoms with Crippen molar-refractivity contribution in [3.05, 3.63) is 29.3 Å². The maximum absolute atomic E-state index is 10.7. The van der Waals surface area contributed by atoms with E-state index >= 15 is 0 Å². The van der Waals surface area contributed by atoms with Gasteiger partial charge in [-0.25, -0.2) is 0 Å². The first-order chi connectivity index (χ1) is 12.0. The first-order valence-electron chi connectivity index (χ1n) is 9.39. The number of hydrogen-bond acceptors (Lipinski definition) is 3. The zero-order valence-electron chi connectivity index (χ0n) is 16.1. The van der Waals surface area contributed by atoms with Crippen LogP contribution in [0.15, 0.2) is 23.2 Å². The molecule has 2 rings (SSSR count). The van der Waals surface area contributed by atoms with Crippen LogP contribution in [0, 0.1) is 6.92 Å². The third-order valence-corrected chi connectivity index (χ3v) is 4.86. The number of ether oxygens (including phenoxy) is 1. The fourth-order valence-corrected chi connectivity index (χ4v) is 3.39. The Morgan fingerprint density at radius 1 is 1.32 bits per heavy atom. The number of aliphatic imine (C=N–C) groups is 1. The van der Waals surface area contributed by atoms with Crippen molar-refractivity contribution in [1.29, 1.82) is 0 Å². The lowest BCUT2D eigenvalue weighted by Crippen LogP contribution is -2.41. The molecule has 1 fully saturated rings. The molecular formula is C20H33N3O2. The van der Waals surface area contributed by atoms with Crippen molar-refractivity contribution in [2.45, 2.75) is 64.5 Å². The Morgan fingerprint density at radius 2 is 2.04 bits per heavy atom. The monoisotopic (exact) mass is 347 g/mol. The SMILES string of the molecule is CCNC(=NCC1(O)CCCCC1)NC(C)c1cc(C)ccc1OC. The van der Waals surface area contributed by atoms with E-state index in [1.54, 1.807) is 7.11 Å². The standard InChI is InChI=1S/C20H33N3O2/c1-5-21-19(22-14-20(24)11-7-6-8-12-20)23-16(3)17-13-15(2)9-10-18(17)25-4/h9-10,13,16,24H,5-8,11-12,14H2,1-4H3,(H2,21,22,23). The van der Waals surface area contributed by atoms with E-state index in [2.05, 4.69) is 35.5 Å². The number of aryl methyl sites for hydroxylation is 1. The summed E-state index contributed by atoms with van der Waals surface area (Å²) in [6.07, 6.45) is 5.09. The van der Waals surface area contributed by atoms with Crippen molar-refractivity contribution in [2.24, 2.45) is 4.99 Å². The van der Waals surface area contributed by atoms with E-state index in [-0.39, 0.29) is 6.04 Å². The van der Waals surface area contributed by atoms with Gasteiger partial charge in [-0.15, -0.1) is 0 Å². The van der Waals surface area contributed by atoms with E-state index < -0.39 is 5.60 Å². The van der Waals surface area contributed by atoms with Crippen LogP contribution >= 0.6 is 0 Å². The fraction of sp³-hybridized carbons (Fsp3) is 0.650. The number of hydrogen-bond donors (Lipinski definition) is 3. The molecule has 0 amide bonds. The van der Waals surface area contributed by atoms with Crippen molar-refractivity contribution >= 4 is 5.96 Å². The molecule has 1 atom stereocenters. The smallest absolute Gasteiger partial charge is 0.191 e. The predicted molar refractivity (Wildman–Crippen MR) is 103 cm³/mol. The zero-order valence-corrected chi connectivity index (χ0v) is 16.1. The first kappa shape index (κ1) is 19.6. The van der Waals surface area contributed by atoms with Gasteiger partial charge in [-0.1, -0.05) is 37.0 Å². The second-order valence-electron chi connectivity index (χ2n) is 7.09. The minimum Gasteiger partial charge on any atom is -0.496 e. The Morgan fingerprint density at radius 3 is 2.68 bits per heavy atom. The molecule has 1 unspecified atom stereocenters. The Hall–Kier alpha value is -1.75. The van der Waals surface area contributed by atoms with E-state index in [1.807, 2.05) is 19.1 Å². The summed E-state index contributed by atoms with van der Waals surface area (Å²) >= 11 is 0. The van der Waals surface area contributed by atoms with Crippen LogP contribution in [-0.2, 0) is 0 Å². The van der Waals surface area contributed by atoms with E-state index in [0.717, 1.165) is 49.5 Å². The van der Waals surface area contributed by atoms with Crippen molar-refractivity contribution in [3.63, 3.8) is 0 Å². The number of methoxy groups -OCH3 is 1. The quantitative estimate of drug-likeness (QED) is 0.546. The summed E-state index contributed by atoms with van der Waals surface area (Å²) in [5, 5.41) is 17.4. The number of rotatable bonds is 6. The van der Waals surface area contributed by atoms with E-state index in [0.29, 0.717) is 6.54 Å². The van der Waals surface area contributed by atoms with Gasteiger partial charge in [0.1, 0.15) is 5.75 Å². The van der Waals surface area contributed by atoms with Crippen LogP contribution in [0.5, 0.6) is 5.75 Å². The highest BCUT2D eigenvalue weighted by molar-refractivity contribution is 5.80. The summed E-state index contributed by atoms with van der Waals surface area (Å²) in [7, 11) is 1.69. The molecule has 0 spiro atoms. The molecule has 1 saturated carbocycles. The Balaban J connectivity index is 2.09.